The third kappa shape index (κ3) is 2.69. The lowest BCUT2D eigenvalue weighted by Gasteiger charge is -2.31. The standard InChI is InChI=1S/C19H23N3O4S/c1-11-13-15(20-12-7-4-3-5-9-21(12)16(13)23)27-14(11)17(24)22-10-6-8-19(22,2)18(25)26/h3-10H2,1-2H3,(H,25,26). The minimum absolute atomic E-state index is 0.0767. The minimum atomic E-state index is -1.20. The van der Waals surface area contributed by atoms with Crippen molar-refractivity contribution in [3.8, 4) is 0 Å². The van der Waals surface area contributed by atoms with Gasteiger partial charge in [-0.25, -0.2) is 9.78 Å². The van der Waals surface area contributed by atoms with Crippen molar-refractivity contribution in [1.29, 1.82) is 0 Å². The fourth-order valence-corrected chi connectivity index (χ4v) is 5.39. The van der Waals surface area contributed by atoms with Gasteiger partial charge in [0.25, 0.3) is 11.5 Å². The molecule has 1 N–H and O–H groups in total. The number of hydrogen-bond acceptors (Lipinski definition) is 5. The molecule has 1 fully saturated rings. The molecule has 2 aliphatic heterocycles. The number of rotatable bonds is 2. The largest absolute Gasteiger partial charge is 0.480 e. The van der Waals surface area contributed by atoms with Crippen LogP contribution in [0.5, 0.6) is 0 Å². The zero-order valence-corrected chi connectivity index (χ0v) is 16.4. The lowest BCUT2D eigenvalue weighted by Crippen LogP contribution is -2.50. The molecule has 8 heteroatoms. The normalized spacial score (nSPS) is 22.7. The first-order chi connectivity index (χ1) is 12.8. The molecule has 1 amide bonds. The summed E-state index contributed by atoms with van der Waals surface area (Å²) in [5, 5.41) is 10.1. The maximum absolute atomic E-state index is 13.2. The van der Waals surface area contributed by atoms with E-state index in [-0.39, 0.29) is 11.5 Å². The number of amides is 1. The maximum Gasteiger partial charge on any atom is 0.329 e. The van der Waals surface area contributed by atoms with Crippen molar-refractivity contribution in [1.82, 2.24) is 14.5 Å². The van der Waals surface area contributed by atoms with Crippen molar-refractivity contribution < 1.29 is 14.7 Å². The van der Waals surface area contributed by atoms with Gasteiger partial charge < -0.3 is 10.0 Å². The van der Waals surface area contributed by atoms with Crippen LogP contribution in [0.3, 0.4) is 0 Å². The van der Waals surface area contributed by atoms with Gasteiger partial charge >= 0.3 is 5.97 Å². The van der Waals surface area contributed by atoms with Crippen LogP contribution in [0, 0.1) is 6.92 Å². The van der Waals surface area contributed by atoms with Gasteiger partial charge in [0, 0.05) is 19.5 Å². The number of nitrogens with zero attached hydrogens (tertiary/aromatic N) is 3. The van der Waals surface area contributed by atoms with Gasteiger partial charge in [0.1, 0.15) is 16.2 Å². The van der Waals surface area contributed by atoms with Gasteiger partial charge in [0.2, 0.25) is 0 Å². The Bertz CT molecular complexity index is 1010. The van der Waals surface area contributed by atoms with Gasteiger partial charge in [-0.3, -0.25) is 14.2 Å². The number of thiophene rings is 1. The summed E-state index contributed by atoms with van der Waals surface area (Å²) in [6.45, 7) is 4.45. The molecule has 0 aliphatic carbocycles. The van der Waals surface area contributed by atoms with Crippen LogP contribution in [0.4, 0.5) is 0 Å². The zero-order valence-electron chi connectivity index (χ0n) is 15.6. The molecule has 7 nitrogen and oxygen atoms in total. The Morgan fingerprint density at radius 3 is 2.70 bits per heavy atom. The minimum Gasteiger partial charge on any atom is -0.480 e. The molecule has 27 heavy (non-hydrogen) atoms. The van der Waals surface area contributed by atoms with Crippen LogP contribution in [-0.2, 0) is 17.8 Å². The van der Waals surface area contributed by atoms with Crippen LogP contribution in [0.1, 0.15) is 60.1 Å². The fraction of sp³-hybridized carbons (Fsp3) is 0.579. The number of aromatic nitrogens is 2. The molecule has 0 bridgehead atoms. The van der Waals surface area contributed by atoms with E-state index < -0.39 is 11.5 Å². The number of carbonyl (C=O) groups is 2. The summed E-state index contributed by atoms with van der Waals surface area (Å²) in [6, 6.07) is 0. The van der Waals surface area contributed by atoms with Gasteiger partial charge in [-0.15, -0.1) is 11.3 Å². The Morgan fingerprint density at radius 1 is 1.19 bits per heavy atom. The summed E-state index contributed by atoms with van der Waals surface area (Å²) < 4.78 is 1.75. The molecule has 0 aromatic carbocycles. The van der Waals surface area contributed by atoms with E-state index in [2.05, 4.69) is 0 Å². The first-order valence-electron chi connectivity index (χ1n) is 9.43. The molecular weight excluding hydrogens is 366 g/mol. The number of fused-ring (bicyclic) bond motifs is 2. The van der Waals surface area contributed by atoms with Crippen LogP contribution in [0.2, 0.25) is 0 Å². The molecule has 1 saturated heterocycles. The molecule has 2 aliphatic rings. The summed E-state index contributed by atoms with van der Waals surface area (Å²) in [4.78, 5) is 45.1. The first-order valence-corrected chi connectivity index (χ1v) is 10.2. The maximum atomic E-state index is 13.2. The molecule has 4 heterocycles. The van der Waals surface area contributed by atoms with Crippen LogP contribution in [-0.4, -0.2) is 43.5 Å². The zero-order chi connectivity index (χ0) is 19.3. The van der Waals surface area contributed by atoms with Crippen LogP contribution in [0.15, 0.2) is 4.79 Å². The number of carboxylic acid groups (broad SMARTS) is 1. The third-order valence-corrected chi connectivity index (χ3v) is 7.13. The number of carbonyl (C=O) groups excluding carboxylic acids is 1. The Labute approximate surface area is 160 Å². The molecule has 2 aromatic rings. The topological polar surface area (TPSA) is 92.5 Å². The second-order valence-electron chi connectivity index (χ2n) is 7.67. The van der Waals surface area contributed by atoms with E-state index >= 15 is 0 Å². The van der Waals surface area contributed by atoms with E-state index in [1.54, 1.807) is 18.4 Å². The smallest absolute Gasteiger partial charge is 0.329 e. The molecule has 0 spiro atoms. The van der Waals surface area contributed by atoms with Crippen LogP contribution >= 0.6 is 11.3 Å². The van der Waals surface area contributed by atoms with Gasteiger partial charge in [0.05, 0.1) is 10.3 Å². The monoisotopic (exact) mass is 389 g/mol. The molecule has 1 atom stereocenters. The third-order valence-electron chi connectivity index (χ3n) is 5.95. The molecule has 0 saturated carbocycles. The quantitative estimate of drug-likeness (QED) is 0.852. The van der Waals surface area contributed by atoms with Gasteiger partial charge in [-0.2, -0.15) is 0 Å². The van der Waals surface area contributed by atoms with E-state index in [4.69, 9.17) is 4.98 Å². The lowest BCUT2D eigenvalue weighted by molar-refractivity contribution is -0.147. The van der Waals surface area contributed by atoms with Crippen molar-refractivity contribution in [3.05, 3.63) is 26.6 Å². The van der Waals surface area contributed by atoms with E-state index in [0.29, 0.717) is 46.6 Å². The molecule has 2 aromatic heterocycles. The molecule has 1 unspecified atom stereocenters. The average molecular weight is 389 g/mol. The SMILES string of the molecule is Cc1c(C(=O)N2CCCC2(C)C(=O)O)sc2nc3n(c(=O)c12)CCCCC3. The van der Waals surface area contributed by atoms with Crippen molar-refractivity contribution in [2.24, 2.45) is 0 Å². The van der Waals surface area contributed by atoms with Crippen molar-refractivity contribution in [3.63, 3.8) is 0 Å². The number of likely N-dealkylation sites (tertiary alicyclic amines) is 1. The van der Waals surface area contributed by atoms with Crippen LogP contribution < -0.4 is 5.56 Å². The average Bonchev–Trinajstić information content (AvgIpc) is 3.07. The summed E-state index contributed by atoms with van der Waals surface area (Å²) in [6.07, 6.45) is 4.93. The number of aliphatic carboxylic acids is 1. The van der Waals surface area contributed by atoms with Crippen molar-refractivity contribution in [2.45, 2.75) is 64.5 Å². The Hall–Kier alpha value is -2.22. The lowest BCUT2D eigenvalue weighted by atomic mass is 9.99. The number of hydrogen-bond donors (Lipinski definition) is 1. The van der Waals surface area contributed by atoms with Gasteiger partial charge in [-0.1, -0.05) is 6.42 Å². The summed E-state index contributed by atoms with van der Waals surface area (Å²) >= 11 is 1.22. The highest BCUT2D eigenvalue weighted by atomic mass is 32.1. The molecular formula is C19H23N3O4S. The van der Waals surface area contributed by atoms with E-state index in [9.17, 15) is 19.5 Å². The van der Waals surface area contributed by atoms with Gasteiger partial charge in [0.15, 0.2) is 0 Å². The molecule has 144 valence electrons. The highest BCUT2D eigenvalue weighted by Gasteiger charge is 2.46. The number of aryl methyl sites for hydroxylation is 2. The Kier molecular flexibility index (Phi) is 4.33. The number of carboxylic acids is 1. The highest BCUT2D eigenvalue weighted by molar-refractivity contribution is 7.20. The highest BCUT2D eigenvalue weighted by Crippen LogP contribution is 2.35. The van der Waals surface area contributed by atoms with Gasteiger partial charge in [-0.05, 0) is 45.1 Å². The summed E-state index contributed by atoms with van der Waals surface area (Å²) in [7, 11) is 0. The predicted molar refractivity (Wildman–Crippen MR) is 102 cm³/mol. The molecule has 4 rings (SSSR count). The summed E-state index contributed by atoms with van der Waals surface area (Å²) in [5.74, 6) is -0.503. The summed E-state index contributed by atoms with van der Waals surface area (Å²) in [5.41, 5.74) is -0.650. The van der Waals surface area contributed by atoms with Crippen molar-refractivity contribution in [2.75, 3.05) is 6.54 Å². The Morgan fingerprint density at radius 2 is 1.96 bits per heavy atom. The first kappa shape index (κ1) is 18.2. The van der Waals surface area contributed by atoms with Crippen LogP contribution in [0.25, 0.3) is 10.2 Å². The van der Waals surface area contributed by atoms with Crippen molar-refractivity contribution >= 4 is 33.4 Å². The molecule has 0 radical (unpaired) electrons. The van der Waals surface area contributed by atoms with E-state index in [1.807, 2.05) is 0 Å². The second-order valence-corrected chi connectivity index (χ2v) is 8.67. The fourth-order valence-electron chi connectivity index (χ4n) is 4.25. The Balaban J connectivity index is 1.83. The van der Waals surface area contributed by atoms with E-state index in [0.717, 1.165) is 31.5 Å². The second kappa shape index (κ2) is 6.44. The van der Waals surface area contributed by atoms with E-state index in [1.165, 1.54) is 16.2 Å². The predicted octanol–water partition coefficient (Wildman–Crippen LogP) is 2.57.